The standard InChI is InChI=1S/C21H18BrFN2O3/c1-15-3-7-18(8-4-15)25(12-2-11-24)20(26)14-28-21(27)10-5-16-13-17(22)6-9-19(16)23/h3-10,13H,2,12,14H2,1H3/b10-5+. The monoisotopic (exact) mass is 444 g/mol. The molecule has 28 heavy (non-hydrogen) atoms. The largest absolute Gasteiger partial charge is 0.452 e. The lowest BCUT2D eigenvalue weighted by Crippen LogP contribution is -2.35. The van der Waals surface area contributed by atoms with Crippen molar-refractivity contribution in [1.82, 2.24) is 0 Å². The molecule has 0 radical (unpaired) electrons. The Morgan fingerprint density at radius 2 is 1.96 bits per heavy atom. The molecule has 0 bridgehead atoms. The Labute approximate surface area is 171 Å². The van der Waals surface area contributed by atoms with E-state index in [2.05, 4.69) is 15.9 Å². The highest BCUT2D eigenvalue weighted by Gasteiger charge is 2.17. The van der Waals surface area contributed by atoms with Crippen LogP contribution in [0.4, 0.5) is 10.1 Å². The van der Waals surface area contributed by atoms with E-state index in [-0.39, 0.29) is 18.5 Å². The van der Waals surface area contributed by atoms with Crippen molar-refractivity contribution in [2.45, 2.75) is 13.3 Å². The molecule has 2 aromatic carbocycles. The van der Waals surface area contributed by atoms with Crippen molar-refractivity contribution in [3.8, 4) is 6.07 Å². The third-order valence-electron chi connectivity index (χ3n) is 3.79. The average Bonchev–Trinajstić information content (AvgIpc) is 2.68. The fraction of sp³-hybridized carbons (Fsp3) is 0.190. The Balaban J connectivity index is 2.00. The third-order valence-corrected chi connectivity index (χ3v) is 4.28. The van der Waals surface area contributed by atoms with Gasteiger partial charge in [0, 0.05) is 28.3 Å². The maximum atomic E-state index is 13.7. The fourth-order valence-corrected chi connectivity index (χ4v) is 2.72. The normalized spacial score (nSPS) is 10.5. The lowest BCUT2D eigenvalue weighted by Gasteiger charge is -2.21. The van der Waals surface area contributed by atoms with Crippen LogP contribution < -0.4 is 4.90 Å². The van der Waals surface area contributed by atoms with Gasteiger partial charge in [-0.25, -0.2) is 9.18 Å². The number of halogens is 2. The van der Waals surface area contributed by atoms with Crippen LogP contribution in [0, 0.1) is 24.1 Å². The van der Waals surface area contributed by atoms with Gasteiger partial charge in [-0.1, -0.05) is 33.6 Å². The van der Waals surface area contributed by atoms with Crippen LogP contribution in [0.25, 0.3) is 6.08 Å². The van der Waals surface area contributed by atoms with E-state index in [1.807, 2.05) is 25.1 Å². The lowest BCUT2D eigenvalue weighted by atomic mass is 10.2. The maximum absolute atomic E-state index is 13.7. The van der Waals surface area contributed by atoms with Gasteiger partial charge in [-0.2, -0.15) is 5.26 Å². The summed E-state index contributed by atoms with van der Waals surface area (Å²) in [5, 5.41) is 8.81. The minimum atomic E-state index is -0.767. The molecule has 5 nitrogen and oxygen atoms in total. The molecule has 0 saturated heterocycles. The summed E-state index contributed by atoms with van der Waals surface area (Å²) < 4.78 is 19.3. The molecule has 0 spiro atoms. The van der Waals surface area contributed by atoms with Crippen LogP contribution in [0.3, 0.4) is 0 Å². The molecule has 0 saturated carbocycles. The van der Waals surface area contributed by atoms with Gasteiger partial charge < -0.3 is 9.64 Å². The number of carbonyl (C=O) groups excluding carboxylic acids is 2. The van der Waals surface area contributed by atoms with Gasteiger partial charge in [-0.3, -0.25) is 4.79 Å². The summed E-state index contributed by atoms with van der Waals surface area (Å²) >= 11 is 3.23. The molecule has 0 fully saturated rings. The van der Waals surface area contributed by atoms with E-state index in [0.29, 0.717) is 10.2 Å². The van der Waals surface area contributed by atoms with Crippen molar-refractivity contribution >= 4 is 39.6 Å². The SMILES string of the molecule is Cc1ccc(N(CCC#N)C(=O)COC(=O)/C=C/c2cc(Br)ccc2F)cc1. The average molecular weight is 445 g/mol. The lowest BCUT2D eigenvalue weighted by molar-refractivity contribution is -0.142. The zero-order valence-electron chi connectivity index (χ0n) is 15.2. The highest BCUT2D eigenvalue weighted by molar-refractivity contribution is 9.10. The summed E-state index contributed by atoms with van der Waals surface area (Å²) in [6, 6.07) is 13.6. The van der Waals surface area contributed by atoms with Gasteiger partial charge in [-0.05, 0) is 43.3 Å². The van der Waals surface area contributed by atoms with Crippen LogP contribution >= 0.6 is 15.9 Å². The van der Waals surface area contributed by atoms with Gasteiger partial charge in [0.2, 0.25) is 0 Å². The predicted octanol–water partition coefficient (Wildman–Crippen LogP) is 4.40. The summed E-state index contributed by atoms with van der Waals surface area (Å²) in [6.45, 7) is 1.63. The Hall–Kier alpha value is -2.98. The first kappa shape index (κ1) is 21.3. The van der Waals surface area contributed by atoms with E-state index in [1.165, 1.54) is 23.1 Å². The number of amides is 1. The van der Waals surface area contributed by atoms with E-state index in [9.17, 15) is 14.0 Å². The summed E-state index contributed by atoms with van der Waals surface area (Å²) in [7, 11) is 0. The number of anilines is 1. The zero-order chi connectivity index (χ0) is 20.5. The number of nitrogens with zero attached hydrogens (tertiary/aromatic N) is 2. The van der Waals surface area contributed by atoms with Crippen LogP contribution in [0.1, 0.15) is 17.5 Å². The molecule has 0 aromatic heterocycles. The molecule has 0 heterocycles. The molecule has 1 amide bonds. The van der Waals surface area contributed by atoms with Crippen molar-refractivity contribution < 1.29 is 18.7 Å². The Morgan fingerprint density at radius 1 is 1.25 bits per heavy atom. The van der Waals surface area contributed by atoms with E-state index in [4.69, 9.17) is 10.00 Å². The Kier molecular flexibility index (Phi) is 7.90. The van der Waals surface area contributed by atoms with Crippen molar-refractivity contribution in [2.75, 3.05) is 18.1 Å². The van der Waals surface area contributed by atoms with E-state index >= 15 is 0 Å². The Morgan fingerprint density at radius 3 is 2.64 bits per heavy atom. The van der Waals surface area contributed by atoms with E-state index < -0.39 is 24.3 Å². The molecule has 144 valence electrons. The first-order chi connectivity index (χ1) is 13.4. The molecular formula is C21H18BrFN2O3. The van der Waals surface area contributed by atoms with Crippen LogP contribution in [-0.2, 0) is 14.3 Å². The van der Waals surface area contributed by atoms with Crippen molar-refractivity contribution in [3.05, 3.63) is 70.0 Å². The van der Waals surface area contributed by atoms with Gasteiger partial charge in [0.15, 0.2) is 6.61 Å². The van der Waals surface area contributed by atoms with Crippen molar-refractivity contribution in [3.63, 3.8) is 0 Å². The molecule has 0 unspecified atom stereocenters. The van der Waals surface area contributed by atoms with E-state index in [1.54, 1.807) is 18.2 Å². The summed E-state index contributed by atoms with van der Waals surface area (Å²) in [5.41, 5.74) is 1.87. The van der Waals surface area contributed by atoms with Gasteiger partial charge in [0.25, 0.3) is 5.91 Å². The highest BCUT2D eigenvalue weighted by Crippen LogP contribution is 2.17. The minimum absolute atomic E-state index is 0.148. The summed E-state index contributed by atoms with van der Waals surface area (Å²) in [5.74, 6) is -1.70. The number of aryl methyl sites for hydroxylation is 1. The number of carbonyl (C=O) groups is 2. The molecule has 0 aliphatic heterocycles. The second-order valence-electron chi connectivity index (χ2n) is 5.90. The van der Waals surface area contributed by atoms with Gasteiger partial charge in [-0.15, -0.1) is 0 Å². The van der Waals surface area contributed by atoms with Crippen LogP contribution in [0.15, 0.2) is 53.0 Å². The second kappa shape index (κ2) is 10.4. The van der Waals surface area contributed by atoms with Gasteiger partial charge >= 0.3 is 5.97 Å². The Bertz CT molecular complexity index is 920. The van der Waals surface area contributed by atoms with Gasteiger partial charge in [0.1, 0.15) is 5.82 Å². The summed E-state index contributed by atoms with van der Waals surface area (Å²) in [4.78, 5) is 25.7. The van der Waals surface area contributed by atoms with Crippen LogP contribution in [0.2, 0.25) is 0 Å². The number of hydrogen-bond donors (Lipinski definition) is 0. The number of rotatable bonds is 7. The smallest absolute Gasteiger partial charge is 0.331 e. The van der Waals surface area contributed by atoms with Crippen LogP contribution in [0.5, 0.6) is 0 Å². The molecule has 2 rings (SSSR count). The molecule has 0 aliphatic carbocycles. The highest BCUT2D eigenvalue weighted by atomic mass is 79.9. The quantitative estimate of drug-likeness (QED) is 0.468. The predicted molar refractivity (Wildman–Crippen MR) is 108 cm³/mol. The molecular weight excluding hydrogens is 427 g/mol. The zero-order valence-corrected chi connectivity index (χ0v) is 16.8. The molecule has 0 atom stereocenters. The topological polar surface area (TPSA) is 70.4 Å². The molecule has 0 N–H and O–H groups in total. The first-order valence-corrected chi connectivity index (χ1v) is 9.24. The second-order valence-corrected chi connectivity index (χ2v) is 6.81. The fourth-order valence-electron chi connectivity index (χ4n) is 2.34. The molecule has 7 heteroatoms. The summed E-state index contributed by atoms with van der Waals surface area (Å²) in [6.07, 6.45) is 2.49. The van der Waals surface area contributed by atoms with Gasteiger partial charge in [0.05, 0.1) is 12.5 Å². The first-order valence-electron chi connectivity index (χ1n) is 8.44. The number of hydrogen-bond acceptors (Lipinski definition) is 4. The number of ether oxygens (including phenoxy) is 1. The minimum Gasteiger partial charge on any atom is -0.452 e. The molecule has 0 aliphatic rings. The number of benzene rings is 2. The number of esters is 1. The van der Waals surface area contributed by atoms with Crippen molar-refractivity contribution in [1.29, 1.82) is 5.26 Å². The van der Waals surface area contributed by atoms with E-state index in [0.717, 1.165) is 11.6 Å². The molecule has 2 aromatic rings. The van der Waals surface area contributed by atoms with Crippen LogP contribution in [-0.4, -0.2) is 25.0 Å². The van der Waals surface area contributed by atoms with Crippen molar-refractivity contribution in [2.24, 2.45) is 0 Å². The maximum Gasteiger partial charge on any atom is 0.331 e. The number of nitriles is 1. The third kappa shape index (κ3) is 6.32.